The van der Waals surface area contributed by atoms with Crippen LogP contribution in [-0.4, -0.2) is 24.4 Å². The van der Waals surface area contributed by atoms with Gasteiger partial charge < -0.3 is 9.84 Å². The lowest BCUT2D eigenvalue weighted by atomic mass is 10.0. The highest BCUT2D eigenvalue weighted by atomic mass is 16.5. The first-order valence-electron chi connectivity index (χ1n) is 6.57. The van der Waals surface area contributed by atoms with Gasteiger partial charge >= 0.3 is 0 Å². The summed E-state index contributed by atoms with van der Waals surface area (Å²) in [6.45, 7) is 7.87. The highest BCUT2D eigenvalue weighted by molar-refractivity contribution is 5.00. The van der Waals surface area contributed by atoms with Crippen molar-refractivity contribution in [2.24, 2.45) is 0 Å². The Bertz CT molecular complexity index is 221. The van der Waals surface area contributed by atoms with E-state index in [1.54, 1.807) is 7.11 Å². The van der Waals surface area contributed by atoms with Crippen LogP contribution in [0.25, 0.3) is 0 Å². The molecule has 0 aliphatic rings. The average Bonchev–Trinajstić information content (AvgIpc) is 2.33. The average molecular weight is 240 g/mol. The molecule has 0 amide bonds. The summed E-state index contributed by atoms with van der Waals surface area (Å²) < 4.78 is 5.17. The number of ether oxygens (including phenoxy) is 1. The summed E-state index contributed by atoms with van der Waals surface area (Å²) in [4.78, 5) is 0. The Labute approximate surface area is 106 Å². The summed E-state index contributed by atoms with van der Waals surface area (Å²) in [6.07, 6.45) is 9.90. The number of methoxy groups -OCH3 is 1. The van der Waals surface area contributed by atoms with E-state index >= 15 is 0 Å². The van der Waals surface area contributed by atoms with E-state index in [0.717, 1.165) is 38.5 Å². The molecule has 0 radical (unpaired) electrons. The van der Waals surface area contributed by atoms with Crippen LogP contribution in [0.2, 0.25) is 0 Å². The fraction of sp³-hybridized carbons (Fsp3) is 0.733. The minimum atomic E-state index is -0.175. The summed E-state index contributed by atoms with van der Waals surface area (Å²) in [7, 11) is 1.73. The molecule has 0 bridgehead atoms. The lowest BCUT2D eigenvalue weighted by molar-refractivity contribution is 0.0981. The van der Waals surface area contributed by atoms with Crippen LogP contribution < -0.4 is 0 Å². The molecule has 0 spiro atoms. The van der Waals surface area contributed by atoms with Gasteiger partial charge in [-0.1, -0.05) is 17.7 Å². The highest BCUT2D eigenvalue weighted by Gasteiger charge is 2.06. The SMILES string of the molecule is C=CC/C=C(/C)CC[C@@H](O)CCC[C@H](C)OC. The van der Waals surface area contributed by atoms with Crippen LogP contribution in [0.5, 0.6) is 0 Å². The quantitative estimate of drug-likeness (QED) is 0.588. The molecule has 2 nitrogen and oxygen atoms in total. The summed E-state index contributed by atoms with van der Waals surface area (Å²) in [6, 6.07) is 0. The van der Waals surface area contributed by atoms with Crippen LogP contribution in [-0.2, 0) is 4.74 Å². The van der Waals surface area contributed by atoms with E-state index in [-0.39, 0.29) is 6.10 Å². The number of rotatable bonds is 10. The lowest BCUT2D eigenvalue weighted by Gasteiger charge is -2.13. The van der Waals surface area contributed by atoms with Crippen LogP contribution in [0.15, 0.2) is 24.3 Å². The maximum absolute atomic E-state index is 9.82. The van der Waals surface area contributed by atoms with Crippen molar-refractivity contribution in [3.8, 4) is 0 Å². The molecule has 0 aromatic heterocycles. The number of allylic oxidation sites excluding steroid dienone is 3. The molecule has 0 aliphatic carbocycles. The van der Waals surface area contributed by atoms with Crippen LogP contribution in [0.4, 0.5) is 0 Å². The Balaban J connectivity index is 3.58. The predicted molar refractivity (Wildman–Crippen MR) is 74.1 cm³/mol. The zero-order valence-electron chi connectivity index (χ0n) is 11.6. The zero-order valence-corrected chi connectivity index (χ0v) is 11.6. The van der Waals surface area contributed by atoms with Crippen molar-refractivity contribution >= 4 is 0 Å². The van der Waals surface area contributed by atoms with Crippen LogP contribution in [0.1, 0.15) is 52.4 Å². The first kappa shape index (κ1) is 16.4. The molecule has 2 heteroatoms. The summed E-state index contributed by atoms with van der Waals surface area (Å²) in [5.41, 5.74) is 1.34. The molecule has 2 atom stereocenters. The summed E-state index contributed by atoms with van der Waals surface area (Å²) in [5, 5.41) is 9.82. The third-order valence-corrected chi connectivity index (χ3v) is 3.06. The Morgan fingerprint density at radius 2 is 2.06 bits per heavy atom. The Morgan fingerprint density at radius 3 is 2.65 bits per heavy atom. The molecule has 100 valence electrons. The summed E-state index contributed by atoms with van der Waals surface area (Å²) >= 11 is 0. The van der Waals surface area contributed by atoms with E-state index < -0.39 is 0 Å². The zero-order chi connectivity index (χ0) is 13.1. The molecular weight excluding hydrogens is 212 g/mol. The van der Waals surface area contributed by atoms with Gasteiger partial charge in [0.05, 0.1) is 12.2 Å². The number of aliphatic hydroxyl groups is 1. The van der Waals surface area contributed by atoms with Crippen molar-refractivity contribution in [1.29, 1.82) is 0 Å². The second-order valence-corrected chi connectivity index (χ2v) is 4.74. The van der Waals surface area contributed by atoms with Crippen molar-refractivity contribution in [2.75, 3.05) is 7.11 Å². The molecule has 0 rings (SSSR count). The largest absolute Gasteiger partial charge is 0.393 e. The van der Waals surface area contributed by atoms with Crippen molar-refractivity contribution in [3.63, 3.8) is 0 Å². The Hall–Kier alpha value is -0.600. The molecule has 17 heavy (non-hydrogen) atoms. The van der Waals surface area contributed by atoms with E-state index in [2.05, 4.69) is 26.5 Å². The number of aliphatic hydroxyl groups excluding tert-OH is 1. The van der Waals surface area contributed by atoms with Gasteiger partial charge in [0.2, 0.25) is 0 Å². The Kier molecular flexibility index (Phi) is 10.2. The predicted octanol–water partition coefficient (Wildman–Crippen LogP) is 3.86. The molecule has 0 fully saturated rings. The van der Waals surface area contributed by atoms with Gasteiger partial charge in [0, 0.05) is 7.11 Å². The third-order valence-electron chi connectivity index (χ3n) is 3.06. The first-order valence-corrected chi connectivity index (χ1v) is 6.57. The molecule has 0 heterocycles. The molecule has 0 saturated carbocycles. The van der Waals surface area contributed by atoms with Gasteiger partial charge in [-0.15, -0.1) is 6.58 Å². The van der Waals surface area contributed by atoms with E-state index in [1.807, 2.05) is 6.08 Å². The van der Waals surface area contributed by atoms with Gasteiger partial charge in [0.15, 0.2) is 0 Å². The van der Waals surface area contributed by atoms with E-state index in [1.165, 1.54) is 5.57 Å². The molecule has 1 N–H and O–H groups in total. The topological polar surface area (TPSA) is 29.5 Å². The smallest absolute Gasteiger partial charge is 0.0543 e. The van der Waals surface area contributed by atoms with E-state index in [0.29, 0.717) is 6.10 Å². The van der Waals surface area contributed by atoms with Crippen molar-refractivity contribution < 1.29 is 9.84 Å². The Morgan fingerprint density at radius 1 is 1.35 bits per heavy atom. The van der Waals surface area contributed by atoms with Gasteiger partial charge in [-0.2, -0.15) is 0 Å². The maximum atomic E-state index is 9.82. The van der Waals surface area contributed by atoms with E-state index in [4.69, 9.17) is 4.74 Å². The van der Waals surface area contributed by atoms with Crippen molar-refractivity contribution in [2.45, 2.75) is 64.6 Å². The normalized spacial score (nSPS) is 15.6. The minimum absolute atomic E-state index is 0.175. The van der Waals surface area contributed by atoms with Gasteiger partial charge in [0.1, 0.15) is 0 Å². The third kappa shape index (κ3) is 10.3. The van der Waals surface area contributed by atoms with Gasteiger partial charge in [-0.25, -0.2) is 0 Å². The van der Waals surface area contributed by atoms with E-state index in [9.17, 15) is 5.11 Å². The monoisotopic (exact) mass is 240 g/mol. The van der Waals surface area contributed by atoms with Crippen LogP contribution >= 0.6 is 0 Å². The van der Waals surface area contributed by atoms with Gasteiger partial charge in [-0.05, 0) is 52.4 Å². The molecule has 0 aromatic rings. The van der Waals surface area contributed by atoms with Crippen LogP contribution in [0, 0.1) is 0 Å². The molecule has 0 aromatic carbocycles. The highest BCUT2D eigenvalue weighted by Crippen LogP contribution is 2.13. The maximum Gasteiger partial charge on any atom is 0.0543 e. The summed E-state index contributed by atoms with van der Waals surface area (Å²) in [5.74, 6) is 0. The minimum Gasteiger partial charge on any atom is -0.393 e. The van der Waals surface area contributed by atoms with Gasteiger partial charge in [0.25, 0.3) is 0 Å². The second kappa shape index (κ2) is 10.5. The second-order valence-electron chi connectivity index (χ2n) is 4.74. The standard InChI is InChI=1S/C15H28O2/c1-5-6-8-13(2)11-12-15(16)10-7-9-14(3)17-4/h5,8,14-16H,1,6-7,9-12H2,2-4H3/b13-8-/t14-,15-/m0/s1. The molecule has 0 saturated heterocycles. The van der Waals surface area contributed by atoms with Gasteiger partial charge in [-0.3, -0.25) is 0 Å². The van der Waals surface area contributed by atoms with Crippen LogP contribution in [0.3, 0.4) is 0 Å². The molecular formula is C15H28O2. The molecule has 0 unspecified atom stereocenters. The first-order chi connectivity index (χ1) is 8.10. The lowest BCUT2D eigenvalue weighted by Crippen LogP contribution is -2.09. The number of hydrogen-bond donors (Lipinski definition) is 1. The number of hydrogen-bond acceptors (Lipinski definition) is 2. The molecule has 0 aliphatic heterocycles. The fourth-order valence-electron chi connectivity index (χ4n) is 1.68. The fourth-order valence-corrected chi connectivity index (χ4v) is 1.68. The van der Waals surface area contributed by atoms with Crippen molar-refractivity contribution in [1.82, 2.24) is 0 Å². The van der Waals surface area contributed by atoms with Crippen molar-refractivity contribution in [3.05, 3.63) is 24.3 Å².